The zero-order chi connectivity index (χ0) is 21.9. The van der Waals surface area contributed by atoms with Crippen molar-refractivity contribution in [3.8, 4) is 0 Å². The zero-order valence-electron chi connectivity index (χ0n) is 17.4. The molecule has 2 aromatic rings. The van der Waals surface area contributed by atoms with Gasteiger partial charge < -0.3 is 10.2 Å². The Bertz CT molecular complexity index is 813. The number of nitrogens with one attached hydrogen (secondary N) is 1. The Hall–Kier alpha value is -1.69. The molecule has 2 amide bonds. The van der Waals surface area contributed by atoms with Gasteiger partial charge in [0.05, 0.1) is 5.75 Å². The third-order valence-corrected chi connectivity index (χ3v) is 6.10. The van der Waals surface area contributed by atoms with Gasteiger partial charge in [-0.05, 0) is 48.2 Å². The fourth-order valence-corrected chi connectivity index (χ4v) is 4.11. The minimum absolute atomic E-state index is 0.0533. The number of halogens is 2. The van der Waals surface area contributed by atoms with Crippen LogP contribution in [0.1, 0.15) is 37.8 Å². The maximum Gasteiger partial charge on any atom is 0.242 e. The summed E-state index contributed by atoms with van der Waals surface area (Å²) in [7, 11) is 0. The summed E-state index contributed by atoms with van der Waals surface area (Å²) in [6.07, 6.45) is 1.40. The summed E-state index contributed by atoms with van der Waals surface area (Å²) in [5.74, 6) is 0.844. The van der Waals surface area contributed by atoms with E-state index in [0.717, 1.165) is 17.5 Å². The topological polar surface area (TPSA) is 49.4 Å². The van der Waals surface area contributed by atoms with Crippen LogP contribution in [-0.2, 0) is 21.9 Å². The van der Waals surface area contributed by atoms with Gasteiger partial charge in [-0.3, -0.25) is 9.59 Å². The van der Waals surface area contributed by atoms with Crippen molar-refractivity contribution < 1.29 is 9.59 Å². The van der Waals surface area contributed by atoms with E-state index in [0.29, 0.717) is 41.1 Å². The number of amides is 2. The Morgan fingerprint density at radius 3 is 2.07 bits per heavy atom. The van der Waals surface area contributed by atoms with Crippen LogP contribution in [-0.4, -0.2) is 35.1 Å². The van der Waals surface area contributed by atoms with Gasteiger partial charge in [0.1, 0.15) is 6.04 Å². The van der Waals surface area contributed by atoms with E-state index >= 15 is 0 Å². The first-order chi connectivity index (χ1) is 14.4. The molecule has 0 saturated carbocycles. The number of hydrogen-bond donors (Lipinski definition) is 1. The normalized spacial score (nSPS) is 11.7. The highest BCUT2D eigenvalue weighted by Gasteiger charge is 2.28. The van der Waals surface area contributed by atoms with Crippen LogP contribution in [0.25, 0.3) is 0 Å². The maximum atomic E-state index is 13.1. The molecule has 0 radical (unpaired) electrons. The van der Waals surface area contributed by atoms with Crippen LogP contribution in [0.15, 0.2) is 48.5 Å². The van der Waals surface area contributed by atoms with Crippen molar-refractivity contribution in [1.82, 2.24) is 10.2 Å². The molecule has 0 bridgehead atoms. The highest BCUT2D eigenvalue weighted by Crippen LogP contribution is 2.19. The molecule has 0 spiro atoms. The molecule has 0 saturated heterocycles. The van der Waals surface area contributed by atoms with Crippen LogP contribution >= 0.6 is 35.0 Å². The Balaban J connectivity index is 2.09. The highest BCUT2D eigenvalue weighted by atomic mass is 35.5. The maximum absolute atomic E-state index is 13.1. The molecule has 4 nitrogen and oxygen atoms in total. The molecule has 162 valence electrons. The van der Waals surface area contributed by atoms with E-state index in [1.807, 2.05) is 50.2 Å². The fourth-order valence-electron chi connectivity index (χ4n) is 2.99. The molecule has 0 unspecified atom stereocenters. The number of carbonyl (C=O) groups excluding carboxylic acids is 2. The van der Waals surface area contributed by atoms with E-state index in [2.05, 4.69) is 5.32 Å². The van der Waals surface area contributed by atoms with E-state index in [-0.39, 0.29) is 11.8 Å². The van der Waals surface area contributed by atoms with Crippen LogP contribution in [0.5, 0.6) is 0 Å². The Morgan fingerprint density at radius 2 is 1.53 bits per heavy atom. The molecule has 2 aromatic carbocycles. The van der Waals surface area contributed by atoms with Gasteiger partial charge in [0.15, 0.2) is 0 Å². The van der Waals surface area contributed by atoms with Gasteiger partial charge >= 0.3 is 0 Å². The first-order valence-electron chi connectivity index (χ1n) is 10.1. The van der Waals surface area contributed by atoms with Gasteiger partial charge in [0, 0.05) is 28.9 Å². The lowest BCUT2D eigenvalue weighted by molar-refractivity contribution is -0.139. The number of benzene rings is 2. The second-order valence-electron chi connectivity index (χ2n) is 6.98. The Morgan fingerprint density at radius 1 is 0.967 bits per heavy atom. The molecule has 0 fully saturated rings. The molecular weight excluding hydrogens is 439 g/mol. The SMILES string of the molecule is CCCNC(=O)[C@@H](CC)N(Cc1ccc(Cl)cc1)C(=O)CSCc1ccc(Cl)cc1. The van der Waals surface area contributed by atoms with Crippen LogP contribution in [0.2, 0.25) is 10.0 Å². The lowest BCUT2D eigenvalue weighted by Gasteiger charge is -2.30. The summed E-state index contributed by atoms with van der Waals surface area (Å²) in [4.78, 5) is 27.5. The molecule has 0 aliphatic heterocycles. The predicted molar refractivity (Wildman–Crippen MR) is 127 cm³/mol. The molecular formula is C23H28Cl2N2O2S. The van der Waals surface area contributed by atoms with Crippen molar-refractivity contribution in [2.24, 2.45) is 0 Å². The van der Waals surface area contributed by atoms with Crippen LogP contribution in [0, 0.1) is 0 Å². The lowest BCUT2D eigenvalue weighted by atomic mass is 10.1. The largest absolute Gasteiger partial charge is 0.354 e. The van der Waals surface area contributed by atoms with E-state index in [1.165, 1.54) is 11.8 Å². The van der Waals surface area contributed by atoms with Crippen molar-refractivity contribution in [2.75, 3.05) is 12.3 Å². The molecule has 30 heavy (non-hydrogen) atoms. The third kappa shape index (κ3) is 7.86. The number of nitrogens with zero attached hydrogens (tertiary/aromatic N) is 1. The lowest BCUT2D eigenvalue weighted by Crippen LogP contribution is -2.49. The summed E-state index contributed by atoms with van der Waals surface area (Å²) in [6.45, 7) is 4.91. The molecule has 7 heteroatoms. The first-order valence-corrected chi connectivity index (χ1v) is 12.0. The van der Waals surface area contributed by atoms with Gasteiger partial charge in [-0.1, -0.05) is 61.3 Å². The molecule has 1 atom stereocenters. The predicted octanol–water partition coefficient (Wildman–Crippen LogP) is 5.56. The summed E-state index contributed by atoms with van der Waals surface area (Å²) in [5.41, 5.74) is 2.05. The minimum atomic E-state index is -0.504. The van der Waals surface area contributed by atoms with Gasteiger partial charge in [-0.25, -0.2) is 0 Å². The number of hydrogen-bond acceptors (Lipinski definition) is 3. The molecule has 0 heterocycles. The number of rotatable bonds is 11. The van der Waals surface area contributed by atoms with Crippen molar-refractivity contribution in [3.63, 3.8) is 0 Å². The van der Waals surface area contributed by atoms with E-state index in [9.17, 15) is 9.59 Å². The van der Waals surface area contributed by atoms with E-state index < -0.39 is 6.04 Å². The Labute approximate surface area is 193 Å². The van der Waals surface area contributed by atoms with Gasteiger partial charge in [-0.2, -0.15) is 0 Å². The quantitative estimate of drug-likeness (QED) is 0.471. The van der Waals surface area contributed by atoms with Gasteiger partial charge in [-0.15, -0.1) is 11.8 Å². The molecule has 0 aromatic heterocycles. The second-order valence-corrected chi connectivity index (χ2v) is 8.84. The standard InChI is InChI=1S/C23H28Cl2N2O2S/c1-3-13-26-23(29)21(4-2)27(14-17-5-9-19(24)10-6-17)22(28)16-30-15-18-7-11-20(25)12-8-18/h5-12,21H,3-4,13-16H2,1-2H3,(H,26,29)/t21-/m1/s1. The zero-order valence-corrected chi connectivity index (χ0v) is 19.7. The molecule has 2 rings (SSSR count). The average Bonchev–Trinajstić information content (AvgIpc) is 2.74. The summed E-state index contributed by atoms with van der Waals surface area (Å²) >= 11 is 13.4. The summed E-state index contributed by atoms with van der Waals surface area (Å²) in [6, 6.07) is 14.5. The number of carbonyl (C=O) groups is 2. The van der Waals surface area contributed by atoms with Crippen LogP contribution in [0.3, 0.4) is 0 Å². The average molecular weight is 467 g/mol. The smallest absolute Gasteiger partial charge is 0.242 e. The van der Waals surface area contributed by atoms with Crippen LogP contribution < -0.4 is 5.32 Å². The molecule has 1 N–H and O–H groups in total. The highest BCUT2D eigenvalue weighted by molar-refractivity contribution is 7.99. The second kappa shape index (κ2) is 12.9. The van der Waals surface area contributed by atoms with Crippen molar-refractivity contribution in [1.29, 1.82) is 0 Å². The van der Waals surface area contributed by atoms with Gasteiger partial charge in [0.2, 0.25) is 11.8 Å². The van der Waals surface area contributed by atoms with Crippen molar-refractivity contribution >= 4 is 46.8 Å². The van der Waals surface area contributed by atoms with Crippen molar-refractivity contribution in [2.45, 2.75) is 45.0 Å². The van der Waals surface area contributed by atoms with Crippen LogP contribution in [0.4, 0.5) is 0 Å². The summed E-state index contributed by atoms with van der Waals surface area (Å²) < 4.78 is 0. The monoisotopic (exact) mass is 466 g/mol. The van der Waals surface area contributed by atoms with Gasteiger partial charge in [0.25, 0.3) is 0 Å². The minimum Gasteiger partial charge on any atom is -0.354 e. The van der Waals surface area contributed by atoms with Crippen molar-refractivity contribution in [3.05, 3.63) is 69.7 Å². The summed E-state index contributed by atoms with van der Waals surface area (Å²) in [5, 5.41) is 4.26. The fraction of sp³-hybridized carbons (Fsp3) is 0.391. The molecule has 0 aliphatic rings. The number of thioether (sulfide) groups is 1. The van der Waals surface area contributed by atoms with E-state index in [4.69, 9.17) is 23.2 Å². The molecule has 0 aliphatic carbocycles. The van der Waals surface area contributed by atoms with E-state index in [1.54, 1.807) is 17.0 Å². The third-order valence-electron chi connectivity index (χ3n) is 4.61. The Kier molecular flexibility index (Phi) is 10.6. The first kappa shape index (κ1) is 24.6.